The first kappa shape index (κ1) is 20.7. The lowest BCUT2D eigenvalue weighted by molar-refractivity contribution is 0.0734. The van der Waals surface area contributed by atoms with Crippen LogP contribution in [0.15, 0.2) is 48.5 Å². The number of unbranched alkanes of at least 4 members (excludes halogenated alkanes) is 6. The number of esters is 1. The molecule has 4 heteroatoms. The van der Waals surface area contributed by atoms with Crippen molar-refractivity contribution in [1.29, 1.82) is 0 Å². The summed E-state index contributed by atoms with van der Waals surface area (Å²) >= 11 is 0. The third kappa shape index (κ3) is 7.65. The molecule has 0 N–H and O–H groups in total. The third-order valence-electron chi connectivity index (χ3n) is 4.33. The highest BCUT2D eigenvalue weighted by Gasteiger charge is 2.09. The van der Waals surface area contributed by atoms with Crippen LogP contribution >= 0.6 is 0 Å². The van der Waals surface area contributed by atoms with Gasteiger partial charge >= 0.3 is 5.97 Å². The van der Waals surface area contributed by atoms with E-state index in [1.165, 1.54) is 38.5 Å². The second kappa shape index (κ2) is 11.9. The molecule has 2 aromatic rings. The SMILES string of the molecule is CCCCCCCCCOc1ccc(C(=O)Oc2ccc(C=O)cc2)cc1. The Morgan fingerprint density at radius 3 is 2.04 bits per heavy atom. The highest BCUT2D eigenvalue weighted by molar-refractivity contribution is 5.91. The average molecular weight is 368 g/mol. The molecule has 0 atom stereocenters. The van der Waals surface area contributed by atoms with Crippen LogP contribution in [0.25, 0.3) is 0 Å². The van der Waals surface area contributed by atoms with Crippen molar-refractivity contribution >= 4 is 12.3 Å². The average Bonchev–Trinajstić information content (AvgIpc) is 2.71. The predicted octanol–water partition coefficient (Wildman–Crippen LogP) is 5.85. The van der Waals surface area contributed by atoms with Gasteiger partial charge in [-0.05, 0) is 55.0 Å². The number of hydrogen-bond acceptors (Lipinski definition) is 4. The summed E-state index contributed by atoms with van der Waals surface area (Å²) in [6.45, 7) is 2.92. The number of carbonyl (C=O) groups is 2. The fourth-order valence-electron chi connectivity index (χ4n) is 2.72. The van der Waals surface area contributed by atoms with Crippen LogP contribution in [0, 0.1) is 0 Å². The Bertz CT molecular complexity index is 689. The largest absolute Gasteiger partial charge is 0.494 e. The van der Waals surface area contributed by atoms with Crippen LogP contribution < -0.4 is 9.47 Å². The number of aldehydes is 1. The van der Waals surface area contributed by atoms with Gasteiger partial charge < -0.3 is 9.47 Å². The van der Waals surface area contributed by atoms with Gasteiger partial charge in [-0.25, -0.2) is 4.79 Å². The van der Waals surface area contributed by atoms with Crippen molar-refractivity contribution in [2.24, 2.45) is 0 Å². The van der Waals surface area contributed by atoms with E-state index in [1.54, 1.807) is 48.5 Å². The van der Waals surface area contributed by atoms with E-state index in [4.69, 9.17) is 9.47 Å². The van der Waals surface area contributed by atoms with Gasteiger partial charge in [-0.3, -0.25) is 4.79 Å². The number of benzene rings is 2. The van der Waals surface area contributed by atoms with E-state index < -0.39 is 5.97 Å². The molecule has 144 valence electrons. The van der Waals surface area contributed by atoms with Crippen LogP contribution in [0.1, 0.15) is 72.6 Å². The number of rotatable bonds is 12. The Balaban J connectivity index is 1.70. The molecule has 0 aliphatic rings. The van der Waals surface area contributed by atoms with E-state index in [9.17, 15) is 9.59 Å². The molecule has 0 aromatic heterocycles. The summed E-state index contributed by atoms with van der Waals surface area (Å²) in [5, 5.41) is 0. The van der Waals surface area contributed by atoms with Crippen LogP contribution in [0.5, 0.6) is 11.5 Å². The highest BCUT2D eigenvalue weighted by Crippen LogP contribution is 2.17. The molecule has 0 saturated carbocycles. The van der Waals surface area contributed by atoms with Gasteiger partial charge in [0.15, 0.2) is 0 Å². The van der Waals surface area contributed by atoms with E-state index >= 15 is 0 Å². The van der Waals surface area contributed by atoms with E-state index in [-0.39, 0.29) is 0 Å². The van der Waals surface area contributed by atoms with Gasteiger partial charge in [-0.1, -0.05) is 45.4 Å². The normalized spacial score (nSPS) is 10.4. The van der Waals surface area contributed by atoms with Gasteiger partial charge in [-0.2, -0.15) is 0 Å². The minimum atomic E-state index is -0.438. The summed E-state index contributed by atoms with van der Waals surface area (Å²) in [5.41, 5.74) is 0.995. The molecule has 4 nitrogen and oxygen atoms in total. The van der Waals surface area contributed by atoms with Gasteiger partial charge in [0.2, 0.25) is 0 Å². The lowest BCUT2D eigenvalue weighted by atomic mass is 10.1. The number of carbonyl (C=O) groups excluding carboxylic acids is 2. The summed E-state index contributed by atoms with van der Waals surface area (Å²) in [6.07, 6.45) is 9.50. The first-order valence-electron chi connectivity index (χ1n) is 9.73. The second-order valence-electron chi connectivity index (χ2n) is 6.57. The van der Waals surface area contributed by atoms with Crippen molar-refractivity contribution in [3.63, 3.8) is 0 Å². The molecule has 0 radical (unpaired) electrons. The fraction of sp³-hybridized carbons (Fsp3) is 0.391. The smallest absolute Gasteiger partial charge is 0.343 e. The maximum absolute atomic E-state index is 12.2. The van der Waals surface area contributed by atoms with Crippen LogP contribution in [0.2, 0.25) is 0 Å². The molecule has 0 aliphatic carbocycles. The molecular formula is C23H28O4. The van der Waals surface area contributed by atoms with Crippen molar-refractivity contribution in [3.05, 3.63) is 59.7 Å². The number of ether oxygens (including phenoxy) is 2. The zero-order valence-electron chi connectivity index (χ0n) is 16.0. The Morgan fingerprint density at radius 1 is 0.815 bits per heavy atom. The second-order valence-corrected chi connectivity index (χ2v) is 6.57. The molecular weight excluding hydrogens is 340 g/mol. The van der Waals surface area contributed by atoms with Gasteiger partial charge in [0, 0.05) is 5.56 Å². The van der Waals surface area contributed by atoms with E-state index in [0.717, 1.165) is 18.5 Å². The van der Waals surface area contributed by atoms with Crippen molar-refractivity contribution in [3.8, 4) is 11.5 Å². The summed E-state index contributed by atoms with van der Waals surface area (Å²) in [6, 6.07) is 13.4. The van der Waals surface area contributed by atoms with Crippen LogP contribution in [0.3, 0.4) is 0 Å². The standard InChI is InChI=1S/C23H28O4/c1-2-3-4-5-6-7-8-17-26-21-15-11-20(12-16-21)23(25)27-22-13-9-19(18-24)10-14-22/h9-16,18H,2-8,17H2,1H3. The van der Waals surface area contributed by atoms with Crippen molar-refractivity contribution < 1.29 is 19.1 Å². The fourth-order valence-corrected chi connectivity index (χ4v) is 2.72. The zero-order chi connectivity index (χ0) is 19.3. The molecule has 0 bridgehead atoms. The first-order valence-corrected chi connectivity index (χ1v) is 9.73. The Morgan fingerprint density at radius 2 is 1.41 bits per heavy atom. The lowest BCUT2D eigenvalue weighted by Crippen LogP contribution is -2.08. The monoisotopic (exact) mass is 368 g/mol. The Labute approximate surface area is 161 Å². The molecule has 0 heterocycles. The van der Waals surface area contributed by atoms with Crippen molar-refractivity contribution in [2.45, 2.75) is 51.9 Å². The minimum Gasteiger partial charge on any atom is -0.494 e. The molecule has 0 aliphatic heterocycles. The van der Waals surface area contributed by atoms with Crippen LogP contribution in [-0.4, -0.2) is 18.9 Å². The quantitative estimate of drug-likeness (QED) is 0.204. The van der Waals surface area contributed by atoms with E-state index in [2.05, 4.69) is 6.92 Å². The molecule has 0 unspecified atom stereocenters. The van der Waals surface area contributed by atoms with Gasteiger partial charge in [0.1, 0.15) is 17.8 Å². The summed E-state index contributed by atoms with van der Waals surface area (Å²) in [5.74, 6) is 0.727. The zero-order valence-corrected chi connectivity index (χ0v) is 16.0. The molecule has 0 fully saturated rings. The highest BCUT2D eigenvalue weighted by atomic mass is 16.5. The van der Waals surface area contributed by atoms with Crippen LogP contribution in [0.4, 0.5) is 0 Å². The summed E-state index contributed by atoms with van der Waals surface area (Å²) in [4.78, 5) is 22.8. The summed E-state index contributed by atoms with van der Waals surface area (Å²) in [7, 11) is 0. The molecule has 27 heavy (non-hydrogen) atoms. The van der Waals surface area contributed by atoms with Gasteiger partial charge in [0.25, 0.3) is 0 Å². The maximum atomic E-state index is 12.2. The van der Waals surface area contributed by atoms with Crippen LogP contribution in [-0.2, 0) is 0 Å². The minimum absolute atomic E-state index is 0.407. The van der Waals surface area contributed by atoms with E-state index in [1.807, 2.05) is 0 Å². The topological polar surface area (TPSA) is 52.6 Å². The number of hydrogen-bond donors (Lipinski definition) is 0. The molecule has 0 spiro atoms. The maximum Gasteiger partial charge on any atom is 0.343 e. The van der Waals surface area contributed by atoms with Gasteiger partial charge in [-0.15, -0.1) is 0 Å². The first-order chi connectivity index (χ1) is 13.2. The Kier molecular flexibility index (Phi) is 9.11. The molecule has 0 saturated heterocycles. The third-order valence-corrected chi connectivity index (χ3v) is 4.33. The van der Waals surface area contributed by atoms with Gasteiger partial charge in [0.05, 0.1) is 12.2 Å². The Hall–Kier alpha value is -2.62. The van der Waals surface area contributed by atoms with Crippen molar-refractivity contribution in [1.82, 2.24) is 0 Å². The van der Waals surface area contributed by atoms with E-state index in [0.29, 0.717) is 23.5 Å². The van der Waals surface area contributed by atoms with Crippen molar-refractivity contribution in [2.75, 3.05) is 6.61 Å². The molecule has 2 rings (SSSR count). The lowest BCUT2D eigenvalue weighted by Gasteiger charge is -2.08. The summed E-state index contributed by atoms with van der Waals surface area (Å²) < 4.78 is 11.0. The predicted molar refractivity (Wildman–Crippen MR) is 107 cm³/mol. The molecule has 0 amide bonds. The molecule has 2 aromatic carbocycles.